The van der Waals surface area contributed by atoms with Crippen molar-refractivity contribution in [2.24, 2.45) is 0 Å². The van der Waals surface area contributed by atoms with E-state index < -0.39 is 0 Å². The summed E-state index contributed by atoms with van der Waals surface area (Å²) >= 11 is 3.42. The number of hydrogen-bond donors (Lipinski definition) is 1. The molecule has 5 nitrogen and oxygen atoms in total. The topological polar surface area (TPSA) is 59.3 Å². The number of aromatic nitrogens is 3. The molecule has 0 atom stereocenters. The summed E-state index contributed by atoms with van der Waals surface area (Å²) in [5.74, 6) is 0.603. The highest BCUT2D eigenvalue weighted by Gasteiger charge is 2.10. The Morgan fingerprint density at radius 2 is 2.20 bits per heavy atom. The standard InChI is InChI=1S/C14H11BrN4O/c15-13-11-5-1-2-7-19(11)12(18-13)9-17-14(20)10-4-3-6-16-8-10/h1-8H,9H2,(H,17,20). The van der Waals surface area contributed by atoms with Crippen LogP contribution in [0.15, 0.2) is 53.5 Å². The lowest BCUT2D eigenvalue weighted by Crippen LogP contribution is -2.24. The van der Waals surface area contributed by atoms with Gasteiger partial charge >= 0.3 is 0 Å². The molecule has 0 radical (unpaired) electrons. The lowest BCUT2D eigenvalue weighted by molar-refractivity contribution is 0.0949. The first-order valence-electron chi connectivity index (χ1n) is 6.05. The van der Waals surface area contributed by atoms with Crippen LogP contribution in [0.1, 0.15) is 16.2 Å². The van der Waals surface area contributed by atoms with Gasteiger partial charge in [0.2, 0.25) is 0 Å². The number of amides is 1. The molecule has 0 saturated carbocycles. The number of nitrogens with zero attached hydrogens (tertiary/aromatic N) is 3. The highest BCUT2D eigenvalue weighted by atomic mass is 79.9. The molecule has 0 spiro atoms. The highest BCUT2D eigenvalue weighted by Crippen LogP contribution is 2.18. The maximum Gasteiger partial charge on any atom is 0.253 e. The van der Waals surface area contributed by atoms with Gasteiger partial charge in [-0.1, -0.05) is 6.07 Å². The Morgan fingerprint density at radius 3 is 3.00 bits per heavy atom. The lowest BCUT2D eigenvalue weighted by Gasteiger charge is -2.04. The number of rotatable bonds is 3. The third-order valence-corrected chi connectivity index (χ3v) is 3.49. The van der Waals surface area contributed by atoms with Crippen LogP contribution in [-0.2, 0) is 6.54 Å². The van der Waals surface area contributed by atoms with Crippen molar-refractivity contribution in [3.05, 3.63) is 64.9 Å². The first-order chi connectivity index (χ1) is 9.75. The van der Waals surface area contributed by atoms with E-state index in [4.69, 9.17) is 0 Å². The van der Waals surface area contributed by atoms with Gasteiger partial charge in [0.15, 0.2) is 0 Å². The monoisotopic (exact) mass is 330 g/mol. The van der Waals surface area contributed by atoms with Crippen molar-refractivity contribution < 1.29 is 4.79 Å². The summed E-state index contributed by atoms with van der Waals surface area (Å²) < 4.78 is 2.71. The van der Waals surface area contributed by atoms with Crippen molar-refractivity contribution in [3.8, 4) is 0 Å². The minimum absolute atomic E-state index is 0.165. The molecule has 1 amide bonds. The molecule has 0 aromatic carbocycles. The Morgan fingerprint density at radius 1 is 1.30 bits per heavy atom. The van der Waals surface area contributed by atoms with Crippen LogP contribution in [0.3, 0.4) is 0 Å². The molecule has 0 saturated heterocycles. The molecule has 1 N–H and O–H groups in total. The average Bonchev–Trinajstić information content (AvgIpc) is 2.83. The van der Waals surface area contributed by atoms with Gasteiger partial charge in [0, 0.05) is 18.6 Å². The summed E-state index contributed by atoms with van der Waals surface area (Å²) in [7, 11) is 0. The van der Waals surface area contributed by atoms with Crippen molar-refractivity contribution in [1.29, 1.82) is 0 Å². The number of carbonyl (C=O) groups is 1. The molecule has 0 aliphatic carbocycles. The fourth-order valence-electron chi connectivity index (χ4n) is 1.94. The first kappa shape index (κ1) is 12.8. The van der Waals surface area contributed by atoms with Crippen LogP contribution in [0.5, 0.6) is 0 Å². The van der Waals surface area contributed by atoms with Crippen molar-refractivity contribution >= 4 is 27.4 Å². The van der Waals surface area contributed by atoms with Crippen LogP contribution >= 0.6 is 15.9 Å². The van der Waals surface area contributed by atoms with Gasteiger partial charge in [-0.3, -0.25) is 9.78 Å². The molecule has 20 heavy (non-hydrogen) atoms. The Labute approximate surface area is 123 Å². The molecular weight excluding hydrogens is 320 g/mol. The molecule has 0 aliphatic heterocycles. The van der Waals surface area contributed by atoms with Gasteiger partial charge < -0.3 is 9.72 Å². The number of pyridine rings is 2. The van der Waals surface area contributed by atoms with Gasteiger partial charge in [-0.05, 0) is 40.2 Å². The van der Waals surface area contributed by atoms with Crippen LogP contribution in [0.2, 0.25) is 0 Å². The van der Waals surface area contributed by atoms with Gasteiger partial charge in [0.1, 0.15) is 10.4 Å². The Kier molecular flexibility index (Phi) is 3.47. The van der Waals surface area contributed by atoms with Crippen molar-refractivity contribution in [2.75, 3.05) is 0 Å². The van der Waals surface area contributed by atoms with E-state index in [9.17, 15) is 4.79 Å². The second-order valence-corrected chi connectivity index (χ2v) is 4.95. The second-order valence-electron chi connectivity index (χ2n) is 4.20. The molecule has 0 aliphatic rings. The van der Waals surface area contributed by atoms with E-state index in [-0.39, 0.29) is 5.91 Å². The normalized spacial score (nSPS) is 10.7. The van der Waals surface area contributed by atoms with E-state index in [0.29, 0.717) is 12.1 Å². The van der Waals surface area contributed by atoms with Gasteiger partial charge in [-0.25, -0.2) is 4.98 Å². The molecule has 6 heteroatoms. The molecule has 3 aromatic heterocycles. The van der Waals surface area contributed by atoms with Crippen molar-refractivity contribution in [2.45, 2.75) is 6.54 Å². The first-order valence-corrected chi connectivity index (χ1v) is 6.84. The summed E-state index contributed by atoms with van der Waals surface area (Å²) in [5, 5.41) is 2.84. The largest absolute Gasteiger partial charge is 0.345 e. The van der Waals surface area contributed by atoms with Crippen LogP contribution in [0.4, 0.5) is 0 Å². The van der Waals surface area contributed by atoms with Gasteiger partial charge in [0.25, 0.3) is 5.91 Å². The predicted octanol–water partition coefficient (Wildman–Crippen LogP) is 2.42. The zero-order chi connectivity index (χ0) is 13.9. The van der Waals surface area contributed by atoms with Crippen molar-refractivity contribution in [1.82, 2.24) is 19.7 Å². The third-order valence-electron chi connectivity index (χ3n) is 2.91. The molecule has 3 aromatic rings. The summed E-state index contributed by atoms with van der Waals surface area (Å²) in [6.45, 7) is 0.352. The maximum absolute atomic E-state index is 12.0. The maximum atomic E-state index is 12.0. The van der Waals surface area contributed by atoms with Crippen molar-refractivity contribution in [3.63, 3.8) is 0 Å². The lowest BCUT2D eigenvalue weighted by atomic mass is 10.3. The number of nitrogens with one attached hydrogen (secondary N) is 1. The third kappa shape index (κ3) is 2.42. The number of halogens is 1. The van der Waals surface area contributed by atoms with E-state index in [1.54, 1.807) is 18.3 Å². The summed E-state index contributed by atoms with van der Waals surface area (Å²) in [5.41, 5.74) is 1.51. The minimum atomic E-state index is -0.165. The molecule has 0 fully saturated rings. The van der Waals surface area contributed by atoms with Crippen LogP contribution in [0, 0.1) is 0 Å². The zero-order valence-electron chi connectivity index (χ0n) is 10.5. The summed E-state index contributed by atoms with van der Waals surface area (Å²) in [4.78, 5) is 20.3. The Balaban J connectivity index is 1.79. The number of hydrogen-bond acceptors (Lipinski definition) is 3. The highest BCUT2D eigenvalue weighted by molar-refractivity contribution is 9.10. The quantitative estimate of drug-likeness (QED) is 0.802. The molecule has 3 heterocycles. The van der Waals surface area contributed by atoms with Crippen LogP contribution < -0.4 is 5.32 Å². The molecular formula is C14H11BrN4O. The van der Waals surface area contributed by atoms with E-state index in [2.05, 4.69) is 31.2 Å². The fourth-order valence-corrected chi connectivity index (χ4v) is 2.47. The van der Waals surface area contributed by atoms with E-state index in [0.717, 1.165) is 15.9 Å². The number of fused-ring (bicyclic) bond motifs is 1. The molecule has 0 unspecified atom stereocenters. The molecule has 3 rings (SSSR count). The van der Waals surface area contributed by atoms with E-state index >= 15 is 0 Å². The minimum Gasteiger partial charge on any atom is -0.345 e. The predicted molar refractivity (Wildman–Crippen MR) is 78.3 cm³/mol. The smallest absolute Gasteiger partial charge is 0.253 e. The molecule has 0 bridgehead atoms. The average molecular weight is 331 g/mol. The zero-order valence-corrected chi connectivity index (χ0v) is 12.0. The van der Waals surface area contributed by atoms with Crippen LogP contribution in [-0.4, -0.2) is 20.3 Å². The fraction of sp³-hybridized carbons (Fsp3) is 0.0714. The van der Waals surface area contributed by atoms with E-state index in [1.807, 2.05) is 28.8 Å². The Bertz CT molecular complexity index is 754. The number of imidazole rings is 1. The van der Waals surface area contributed by atoms with Gasteiger partial charge in [0.05, 0.1) is 17.6 Å². The summed E-state index contributed by atoms with van der Waals surface area (Å²) in [6.07, 6.45) is 5.09. The van der Waals surface area contributed by atoms with Gasteiger partial charge in [-0.2, -0.15) is 0 Å². The molecule has 100 valence electrons. The Hall–Kier alpha value is -2.21. The van der Waals surface area contributed by atoms with Gasteiger partial charge in [-0.15, -0.1) is 0 Å². The van der Waals surface area contributed by atoms with Crippen LogP contribution in [0.25, 0.3) is 5.52 Å². The summed E-state index contributed by atoms with van der Waals surface area (Å²) in [6, 6.07) is 9.29. The van der Waals surface area contributed by atoms with E-state index in [1.165, 1.54) is 6.20 Å². The second kappa shape index (κ2) is 5.42. The number of carbonyl (C=O) groups excluding carboxylic acids is 1. The SMILES string of the molecule is O=C(NCc1nc(Br)c2ccccn12)c1cccnc1.